The van der Waals surface area contributed by atoms with E-state index >= 15 is 0 Å². The van der Waals surface area contributed by atoms with E-state index in [1.165, 1.54) is 0 Å². The summed E-state index contributed by atoms with van der Waals surface area (Å²) in [6.07, 6.45) is 1.65. The highest BCUT2D eigenvalue weighted by Crippen LogP contribution is 2.14. The molecular formula is C7H10O2. The third kappa shape index (κ3) is 0.980. The second kappa shape index (κ2) is 2.23. The van der Waals surface area contributed by atoms with Crippen molar-refractivity contribution in [3.63, 3.8) is 0 Å². The van der Waals surface area contributed by atoms with E-state index in [9.17, 15) is 0 Å². The highest BCUT2D eigenvalue weighted by molar-refractivity contribution is 5.24. The Morgan fingerprint density at radius 1 is 1.56 bits per heavy atom. The molecule has 0 spiro atoms. The Bertz CT molecular complexity index is 181. The zero-order chi connectivity index (χ0) is 6.85. The van der Waals surface area contributed by atoms with Crippen LogP contribution in [0, 0.1) is 13.8 Å². The van der Waals surface area contributed by atoms with Crippen molar-refractivity contribution in [2.75, 3.05) is 0 Å². The van der Waals surface area contributed by atoms with Gasteiger partial charge in [0.15, 0.2) is 0 Å². The maximum absolute atomic E-state index is 8.73. The van der Waals surface area contributed by atoms with Crippen molar-refractivity contribution < 1.29 is 9.52 Å². The summed E-state index contributed by atoms with van der Waals surface area (Å²) in [6, 6.07) is 0. The number of aliphatic hydroxyl groups is 1. The van der Waals surface area contributed by atoms with Gasteiger partial charge in [0.1, 0.15) is 5.76 Å². The molecule has 0 aliphatic rings. The molecule has 0 saturated carbocycles. The first-order valence-electron chi connectivity index (χ1n) is 2.90. The van der Waals surface area contributed by atoms with E-state index in [0.29, 0.717) is 0 Å². The largest absolute Gasteiger partial charge is 0.469 e. The van der Waals surface area contributed by atoms with Gasteiger partial charge in [0.05, 0.1) is 12.9 Å². The smallest absolute Gasteiger partial charge is 0.106 e. The van der Waals surface area contributed by atoms with Crippen LogP contribution in [0.1, 0.15) is 16.9 Å². The molecule has 0 fully saturated rings. The molecule has 0 radical (unpaired) electrons. The van der Waals surface area contributed by atoms with Gasteiger partial charge in [0.2, 0.25) is 0 Å². The minimum absolute atomic E-state index is 0.0775. The Balaban J connectivity index is 3.07. The molecular weight excluding hydrogens is 116 g/mol. The zero-order valence-corrected chi connectivity index (χ0v) is 5.64. The molecule has 1 N–H and O–H groups in total. The van der Waals surface area contributed by atoms with Crippen LogP contribution in [0.5, 0.6) is 0 Å². The lowest BCUT2D eigenvalue weighted by molar-refractivity contribution is 0.278. The molecule has 0 unspecified atom stereocenters. The summed E-state index contributed by atoms with van der Waals surface area (Å²) < 4.78 is 5.03. The Morgan fingerprint density at radius 2 is 2.22 bits per heavy atom. The van der Waals surface area contributed by atoms with Crippen molar-refractivity contribution in [1.29, 1.82) is 0 Å². The van der Waals surface area contributed by atoms with Crippen molar-refractivity contribution in [2.24, 2.45) is 0 Å². The van der Waals surface area contributed by atoms with Crippen molar-refractivity contribution >= 4 is 0 Å². The highest BCUT2D eigenvalue weighted by Gasteiger charge is 2.02. The van der Waals surface area contributed by atoms with E-state index in [-0.39, 0.29) is 6.61 Å². The monoisotopic (exact) mass is 126 g/mol. The molecule has 1 aromatic rings. The Labute approximate surface area is 54.1 Å². The lowest BCUT2D eigenvalue weighted by Gasteiger charge is -1.90. The van der Waals surface area contributed by atoms with Gasteiger partial charge in [0.25, 0.3) is 0 Å². The van der Waals surface area contributed by atoms with Crippen LogP contribution in [-0.4, -0.2) is 5.11 Å². The van der Waals surface area contributed by atoms with Crippen LogP contribution >= 0.6 is 0 Å². The molecule has 0 aliphatic carbocycles. The average Bonchev–Trinajstić information content (AvgIpc) is 2.12. The van der Waals surface area contributed by atoms with Crippen LogP contribution in [0.4, 0.5) is 0 Å². The molecule has 9 heavy (non-hydrogen) atoms. The highest BCUT2D eigenvalue weighted by atomic mass is 16.3. The van der Waals surface area contributed by atoms with Gasteiger partial charge in [-0.1, -0.05) is 0 Å². The first-order valence-corrected chi connectivity index (χ1v) is 2.90. The summed E-state index contributed by atoms with van der Waals surface area (Å²) in [4.78, 5) is 0. The van der Waals surface area contributed by atoms with Gasteiger partial charge in [-0.2, -0.15) is 0 Å². The van der Waals surface area contributed by atoms with Crippen molar-refractivity contribution in [3.8, 4) is 0 Å². The van der Waals surface area contributed by atoms with Crippen molar-refractivity contribution in [1.82, 2.24) is 0 Å². The lowest BCUT2D eigenvalue weighted by atomic mass is 10.2. The van der Waals surface area contributed by atoms with E-state index in [2.05, 4.69) is 0 Å². The van der Waals surface area contributed by atoms with E-state index in [1.807, 2.05) is 13.8 Å². The fraction of sp³-hybridized carbons (Fsp3) is 0.429. The second-order valence-corrected chi connectivity index (χ2v) is 2.11. The minimum atomic E-state index is 0.0775. The fourth-order valence-corrected chi connectivity index (χ4v) is 0.833. The molecule has 0 atom stereocenters. The molecule has 2 heteroatoms. The van der Waals surface area contributed by atoms with Crippen LogP contribution in [0.15, 0.2) is 10.7 Å². The third-order valence-electron chi connectivity index (χ3n) is 1.47. The maximum Gasteiger partial charge on any atom is 0.106 e. The molecule has 1 heterocycles. The van der Waals surface area contributed by atoms with Crippen LogP contribution in [0.2, 0.25) is 0 Å². The van der Waals surface area contributed by atoms with Gasteiger partial charge in [-0.15, -0.1) is 0 Å². The average molecular weight is 126 g/mol. The predicted octanol–water partition coefficient (Wildman–Crippen LogP) is 1.39. The standard InChI is InChI=1S/C7H10O2/c1-5-4-9-6(2)7(5)3-8/h4,8H,3H2,1-2H3. The quantitative estimate of drug-likeness (QED) is 0.616. The number of rotatable bonds is 1. The first-order chi connectivity index (χ1) is 4.25. The molecule has 0 bridgehead atoms. The summed E-state index contributed by atoms with van der Waals surface area (Å²) >= 11 is 0. The summed E-state index contributed by atoms with van der Waals surface area (Å²) in [5.74, 6) is 0.815. The SMILES string of the molecule is Cc1coc(C)c1CO. The summed E-state index contributed by atoms with van der Waals surface area (Å²) in [6.45, 7) is 3.84. The maximum atomic E-state index is 8.73. The molecule has 0 amide bonds. The number of aryl methyl sites for hydroxylation is 2. The number of hydrogen-bond acceptors (Lipinski definition) is 2. The third-order valence-corrected chi connectivity index (χ3v) is 1.47. The lowest BCUT2D eigenvalue weighted by Crippen LogP contribution is -1.84. The van der Waals surface area contributed by atoms with Gasteiger partial charge in [-0.3, -0.25) is 0 Å². The van der Waals surface area contributed by atoms with Crippen LogP contribution < -0.4 is 0 Å². The van der Waals surface area contributed by atoms with Gasteiger partial charge >= 0.3 is 0 Å². The summed E-state index contributed by atoms with van der Waals surface area (Å²) in [7, 11) is 0. The molecule has 0 aromatic carbocycles. The first kappa shape index (κ1) is 6.36. The number of hydrogen-bond donors (Lipinski definition) is 1. The van der Waals surface area contributed by atoms with Crippen molar-refractivity contribution in [2.45, 2.75) is 20.5 Å². The molecule has 1 aromatic heterocycles. The fourth-order valence-electron chi connectivity index (χ4n) is 0.833. The van der Waals surface area contributed by atoms with Crippen molar-refractivity contribution in [3.05, 3.63) is 23.2 Å². The van der Waals surface area contributed by atoms with Gasteiger partial charge < -0.3 is 9.52 Å². The van der Waals surface area contributed by atoms with Gasteiger partial charge in [-0.05, 0) is 19.4 Å². The van der Waals surface area contributed by atoms with E-state index in [4.69, 9.17) is 9.52 Å². The van der Waals surface area contributed by atoms with E-state index < -0.39 is 0 Å². The van der Waals surface area contributed by atoms with E-state index in [0.717, 1.165) is 16.9 Å². The summed E-state index contributed by atoms with van der Waals surface area (Å²) in [5.41, 5.74) is 1.94. The second-order valence-electron chi connectivity index (χ2n) is 2.11. The molecule has 50 valence electrons. The summed E-state index contributed by atoms with van der Waals surface area (Å²) in [5, 5.41) is 8.73. The Hall–Kier alpha value is -0.760. The van der Waals surface area contributed by atoms with Crippen LogP contribution in [0.25, 0.3) is 0 Å². The Kier molecular flexibility index (Phi) is 1.58. The Morgan fingerprint density at radius 3 is 2.44 bits per heavy atom. The van der Waals surface area contributed by atoms with Crippen LogP contribution in [0.3, 0.4) is 0 Å². The molecule has 0 saturated heterocycles. The van der Waals surface area contributed by atoms with E-state index in [1.54, 1.807) is 6.26 Å². The molecule has 1 rings (SSSR count). The van der Waals surface area contributed by atoms with Gasteiger partial charge in [0, 0.05) is 5.56 Å². The zero-order valence-electron chi connectivity index (χ0n) is 5.64. The number of furan rings is 1. The molecule has 0 aliphatic heterocycles. The number of aliphatic hydroxyl groups excluding tert-OH is 1. The predicted molar refractivity (Wildman–Crippen MR) is 34.1 cm³/mol. The van der Waals surface area contributed by atoms with Crippen LogP contribution in [-0.2, 0) is 6.61 Å². The topological polar surface area (TPSA) is 33.4 Å². The van der Waals surface area contributed by atoms with Gasteiger partial charge in [-0.25, -0.2) is 0 Å². The normalized spacial score (nSPS) is 10.1. The molecule has 2 nitrogen and oxygen atoms in total. The minimum Gasteiger partial charge on any atom is -0.469 e.